The van der Waals surface area contributed by atoms with Gasteiger partial charge in [-0.05, 0) is 19.1 Å². The van der Waals surface area contributed by atoms with Gasteiger partial charge in [-0.25, -0.2) is 4.98 Å². The second-order valence-corrected chi connectivity index (χ2v) is 6.34. The zero-order valence-corrected chi connectivity index (χ0v) is 14.6. The summed E-state index contributed by atoms with van der Waals surface area (Å²) in [5.74, 6) is 1.88. The van der Waals surface area contributed by atoms with Crippen LogP contribution >= 0.6 is 11.8 Å². The Kier molecular flexibility index (Phi) is 5.08. The van der Waals surface area contributed by atoms with Gasteiger partial charge in [0.25, 0.3) is 5.56 Å². The summed E-state index contributed by atoms with van der Waals surface area (Å²) in [5.41, 5.74) is 1.50. The molecule has 0 aliphatic rings. The van der Waals surface area contributed by atoms with Crippen molar-refractivity contribution < 1.29 is 14.1 Å². The molecule has 8 heteroatoms. The Hall–Kier alpha value is -2.74. The number of methoxy groups -OCH3 is 1. The summed E-state index contributed by atoms with van der Waals surface area (Å²) in [6.07, 6.45) is 0. The van der Waals surface area contributed by atoms with Crippen molar-refractivity contribution in [2.24, 2.45) is 0 Å². The normalized spacial score (nSPS) is 10.8. The molecule has 0 unspecified atom stereocenters. The number of nitrogens with one attached hydrogen (secondary N) is 1. The molecule has 0 bridgehead atoms. The molecule has 7 nitrogen and oxygen atoms in total. The summed E-state index contributed by atoms with van der Waals surface area (Å²) in [7, 11) is 1.57. The molecule has 0 atom stereocenters. The van der Waals surface area contributed by atoms with E-state index in [1.807, 2.05) is 6.07 Å². The molecule has 0 aliphatic carbocycles. The third-order valence-corrected chi connectivity index (χ3v) is 4.33. The van der Waals surface area contributed by atoms with Gasteiger partial charge in [-0.15, -0.1) is 16.3 Å². The Morgan fingerprint density at radius 1 is 1.36 bits per heavy atom. The number of anilines is 1. The van der Waals surface area contributed by atoms with Crippen LogP contribution in [0.3, 0.4) is 0 Å². The molecule has 1 N–H and O–H groups in total. The average Bonchev–Trinajstić information content (AvgIpc) is 2.96. The summed E-state index contributed by atoms with van der Waals surface area (Å²) < 4.78 is 11.5. The molecule has 0 aliphatic heterocycles. The number of carbonyl (C=O) groups is 1. The van der Waals surface area contributed by atoms with Crippen molar-refractivity contribution in [2.45, 2.75) is 12.7 Å². The second kappa shape index (κ2) is 7.43. The van der Waals surface area contributed by atoms with Gasteiger partial charge in [-0.1, -0.05) is 6.07 Å². The fourth-order valence-electron chi connectivity index (χ4n) is 2.29. The molecular formula is C17H17N3O4S. The SMILES string of the molecule is COc1cccc(NC(=O)CSCc2cc(=O)n3oc(C)cc3n2)c1. The summed E-state index contributed by atoms with van der Waals surface area (Å²) in [4.78, 5) is 28.3. The lowest BCUT2D eigenvalue weighted by Crippen LogP contribution is -2.15. The molecule has 0 fully saturated rings. The highest BCUT2D eigenvalue weighted by Gasteiger charge is 2.08. The van der Waals surface area contributed by atoms with Crippen molar-refractivity contribution in [3.63, 3.8) is 0 Å². The summed E-state index contributed by atoms with van der Waals surface area (Å²) in [6.45, 7) is 1.76. The van der Waals surface area contributed by atoms with Crippen molar-refractivity contribution in [3.05, 3.63) is 58.2 Å². The first-order chi connectivity index (χ1) is 12.0. The maximum Gasteiger partial charge on any atom is 0.287 e. The van der Waals surface area contributed by atoms with Crippen molar-refractivity contribution in [3.8, 4) is 5.75 Å². The molecule has 2 heterocycles. The van der Waals surface area contributed by atoms with Crippen LogP contribution in [0, 0.1) is 6.92 Å². The number of hydrogen-bond acceptors (Lipinski definition) is 6. The van der Waals surface area contributed by atoms with Crippen LogP contribution in [0.4, 0.5) is 5.69 Å². The first-order valence-electron chi connectivity index (χ1n) is 7.56. The van der Waals surface area contributed by atoms with E-state index in [1.165, 1.54) is 17.8 Å². The topological polar surface area (TPSA) is 85.8 Å². The molecule has 1 amide bonds. The van der Waals surface area contributed by atoms with Gasteiger partial charge in [0.05, 0.1) is 18.6 Å². The monoisotopic (exact) mass is 359 g/mol. The largest absolute Gasteiger partial charge is 0.497 e. The van der Waals surface area contributed by atoms with Gasteiger partial charge < -0.3 is 14.6 Å². The Morgan fingerprint density at radius 2 is 2.20 bits per heavy atom. The van der Waals surface area contributed by atoms with Gasteiger partial charge in [0.2, 0.25) is 5.91 Å². The minimum absolute atomic E-state index is 0.129. The van der Waals surface area contributed by atoms with Gasteiger partial charge in [0.1, 0.15) is 11.5 Å². The maximum absolute atomic E-state index is 12.0. The number of amides is 1. The number of thioether (sulfide) groups is 1. The van der Waals surface area contributed by atoms with Gasteiger partial charge in [-0.2, -0.15) is 0 Å². The third-order valence-electron chi connectivity index (χ3n) is 3.36. The molecule has 25 heavy (non-hydrogen) atoms. The van der Waals surface area contributed by atoms with E-state index in [1.54, 1.807) is 38.3 Å². The van der Waals surface area contributed by atoms with E-state index in [4.69, 9.17) is 9.26 Å². The molecule has 130 valence electrons. The minimum atomic E-state index is -0.269. The van der Waals surface area contributed by atoms with Gasteiger partial charge >= 0.3 is 0 Å². The van der Waals surface area contributed by atoms with Crippen LogP contribution in [0.5, 0.6) is 5.75 Å². The number of rotatable bonds is 6. The van der Waals surface area contributed by atoms with Crippen LogP contribution in [0.2, 0.25) is 0 Å². The fourth-order valence-corrected chi connectivity index (χ4v) is 3.01. The van der Waals surface area contributed by atoms with Crippen LogP contribution in [-0.2, 0) is 10.5 Å². The predicted molar refractivity (Wildman–Crippen MR) is 96.3 cm³/mol. The minimum Gasteiger partial charge on any atom is -0.497 e. The van der Waals surface area contributed by atoms with Crippen molar-refractivity contribution in [2.75, 3.05) is 18.2 Å². The van der Waals surface area contributed by atoms with E-state index in [0.29, 0.717) is 34.3 Å². The van der Waals surface area contributed by atoms with E-state index >= 15 is 0 Å². The highest BCUT2D eigenvalue weighted by Crippen LogP contribution is 2.17. The van der Waals surface area contributed by atoms with Crippen LogP contribution in [0.15, 0.2) is 45.7 Å². The van der Waals surface area contributed by atoms with Crippen molar-refractivity contribution in [1.82, 2.24) is 9.56 Å². The zero-order chi connectivity index (χ0) is 17.8. The summed E-state index contributed by atoms with van der Waals surface area (Å²) >= 11 is 1.38. The van der Waals surface area contributed by atoms with E-state index in [0.717, 1.165) is 4.57 Å². The molecule has 2 aromatic heterocycles. The number of nitrogens with zero attached hydrogens (tertiary/aromatic N) is 2. The van der Waals surface area contributed by atoms with Gasteiger partial charge in [-0.3, -0.25) is 9.59 Å². The van der Waals surface area contributed by atoms with E-state index < -0.39 is 0 Å². The first-order valence-corrected chi connectivity index (χ1v) is 8.72. The molecule has 0 spiro atoms. The highest BCUT2D eigenvalue weighted by molar-refractivity contribution is 7.99. The van der Waals surface area contributed by atoms with E-state index in [9.17, 15) is 9.59 Å². The third kappa shape index (κ3) is 4.21. The molecular weight excluding hydrogens is 342 g/mol. The molecule has 0 saturated carbocycles. The van der Waals surface area contributed by atoms with Gasteiger partial charge in [0.15, 0.2) is 5.65 Å². The Bertz CT molecular complexity index is 964. The van der Waals surface area contributed by atoms with Crippen molar-refractivity contribution in [1.29, 1.82) is 0 Å². The first kappa shape index (κ1) is 17.1. The number of carbonyl (C=O) groups excluding carboxylic acids is 1. The van der Waals surface area contributed by atoms with E-state index in [2.05, 4.69) is 10.3 Å². The second-order valence-electron chi connectivity index (χ2n) is 5.36. The lowest BCUT2D eigenvalue weighted by Gasteiger charge is -2.07. The number of benzene rings is 1. The van der Waals surface area contributed by atoms with Crippen LogP contribution in [0.1, 0.15) is 11.5 Å². The fraction of sp³-hybridized carbons (Fsp3) is 0.235. The predicted octanol–water partition coefficient (Wildman–Crippen LogP) is 2.48. The van der Waals surface area contributed by atoms with Crippen LogP contribution in [0.25, 0.3) is 5.65 Å². The quantitative estimate of drug-likeness (QED) is 0.728. The standard InChI is InChI=1S/C17H17N3O4S/c1-11-6-15-18-13(8-17(22)20(15)24-11)9-25-10-16(21)19-12-4-3-5-14(7-12)23-2/h3-8H,9-10H2,1-2H3,(H,19,21). The average molecular weight is 359 g/mol. The molecule has 3 aromatic rings. The number of ether oxygens (including phenoxy) is 1. The molecule has 0 saturated heterocycles. The molecule has 0 radical (unpaired) electrons. The van der Waals surface area contributed by atoms with Crippen LogP contribution < -0.4 is 15.6 Å². The summed E-state index contributed by atoms with van der Waals surface area (Å²) in [6, 6.07) is 10.3. The van der Waals surface area contributed by atoms with Crippen molar-refractivity contribution >= 4 is 29.0 Å². The zero-order valence-electron chi connectivity index (χ0n) is 13.8. The Balaban J connectivity index is 1.57. The highest BCUT2D eigenvalue weighted by atomic mass is 32.2. The maximum atomic E-state index is 12.0. The lowest BCUT2D eigenvalue weighted by molar-refractivity contribution is -0.113. The lowest BCUT2D eigenvalue weighted by atomic mass is 10.3. The van der Waals surface area contributed by atoms with Crippen LogP contribution in [-0.4, -0.2) is 28.3 Å². The number of fused-ring (bicyclic) bond motifs is 1. The number of aromatic nitrogens is 2. The Labute approximate surface area is 148 Å². The van der Waals surface area contributed by atoms with E-state index in [-0.39, 0.29) is 17.2 Å². The smallest absolute Gasteiger partial charge is 0.287 e. The molecule has 3 rings (SSSR count). The van der Waals surface area contributed by atoms with Gasteiger partial charge in [0, 0.05) is 29.6 Å². The molecule has 1 aromatic carbocycles. The number of hydrogen-bond donors (Lipinski definition) is 1. The summed E-state index contributed by atoms with van der Waals surface area (Å²) in [5, 5.41) is 2.81. The Morgan fingerprint density at radius 3 is 3.00 bits per heavy atom. The number of aryl methyl sites for hydroxylation is 1.